The van der Waals surface area contributed by atoms with E-state index in [-0.39, 0.29) is 11.3 Å². The van der Waals surface area contributed by atoms with Gasteiger partial charge < -0.3 is 14.8 Å². The van der Waals surface area contributed by atoms with Crippen LogP contribution in [0.2, 0.25) is 5.02 Å². The number of fused-ring (bicyclic) bond motifs is 3. The van der Waals surface area contributed by atoms with Crippen molar-refractivity contribution in [3.63, 3.8) is 0 Å². The SMILES string of the molecule is CN(C)c1ncc2c(n1)C1(CCCN(C(=O)c3[nH]c4ccccc4c3Cl)C1)CC2. The molecule has 29 heavy (non-hydrogen) atoms. The monoisotopic (exact) mass is 409 g/mol. The van der Waals surface area contributed by atoms with Crippen LogP contribution in [0, 0.1) is 0 Å². The summed E-state index contributed by atoms with van der Waals surface area (Å²) in [7, 11) is 3.91. The highest BCUT2D eigenvalue weighted by Gasteiger charge is 2.45. The zero-order valence-electron chi connectivity index (χ0n) is 16.7. The predicted octanol–water partition coefficient (Wildman–Crippen LogP) is 3.80. The topological polar surface area (TPSA) is 65.1 Å². The van der Waals surface area contributed by atoms with Crippen molar-refractivity contribution in [2.45, 2.75) is 31.1 Å². The Morgan fingerprint density at radius 1 is 1.28 bits per heavy atom. The maximum absolute atomic E-state index is 13.4. The van der Waals surface area contributed by atoms with Gasteiger partial charge in [-0.3, -0.25) is 4.79 Å². The fourth-order valence-corrected chi connectivity index (χ4v) is 5.16. The largest absolute Gasteiger partial charge is 0.349 e. The second kappa shape index (κ2) is 6.73. The number of aryl methyl sites for hydroxylation is 1. The Bertz CT molecular complexity index is 1100. The second-order valence-electron chi connectivity index (χ2n) is 8.41. The van der Waals surface area contributed by atoms with Gasteiger partial charge in [0.2, 0.25) is 5.95 Å². The van der Waals surface area contributed by atoms with Crippen molar-refractivity contribution < 1.29 is 4.79 Å². The molecule has 0 saturated carbocycles. The number of rotatable bonds is 2. The van der Waals surface area contributed by atoms with Crippen LogP contribution in [0.25, 0.3) is 10.9 Å². The molecule has 2 aliphatic rings. The summed E-state index contributed by atoms with van der Waals surface area (Å²) in [5.74, 6) is 0.702. The van der Waals surface area contributed by atoms with E-state index in [1.807, 2.05) is 54.4 Å². The van der Waals surface area contributed by atoms with E-state index in [1.165, 1.54) is 5.56 Å². The predicted molar refractivity (Wildman–Crippen MR) is 115 cm³/mol. The van der Waals surface area contributed by atoms with Crippen LogP contribution in [0.5, 0.6) is 0 Å². The van der Waals surface area contributed by atoms with Gasteiger partial charge in [0.1, 0.15) is 5.69 Å². The van der Waals surface area contributed by atoms with E-state index in [1.54, 1.807) is 0 Å². The lowest BCUT2D eigenvalue weighted by Crippen LogP contribution is -2.48. The van der Waals surface area contributed by atoms with E-state index in [0.29, 0.717) is 17.3 Å². The third-order valence-electron chi connectivity index (χ3n) is 6.35. The van der Waals surface area contributed by atoms with Crippen LogP contribution >= 0.6 is 11.6 Å². The Balaban J connectivity index is 1.48. The Labute approximate surface area is 174 Å². The summed E-state index contributed by atoms with van der Waals surface area (Å²) < 4.78 is 0. The Morgan fingerprint density at radius 2 is 2.10 bits per heavy atom. The highest BCUT2D eigenvalue weighted by molar-refractivity contribution is 6.38. The van der Waals surface area contributed by atoms with Crippen LogP contribution in [0.1, 0.15) is 41.0 Å². The van der Waals surface area contributed by atoms with Gasteiger partial charge in [0, 0.05) is 49.7 Å². The first kappa shape index (κ1) is 18.4. The van der Waals surface area contributed by atoms with E-state index in [9.17, 15) is 4.79 Å². The molecular weight excluding hydrogens is 386 g/mol. The van der Waals surface area contributed by atoms with E-state index in [0.717, 1.165) is 54.8 Å². The van der Waals surface area contributed by atoms with Crippen molar-refractivity contribution in [2.75, 3.05) is 32.1 Å². The van der Waals surface area contributed by atoms with Crippen molar-refractivity contribution in [1.82, 2.24) is 19.9 Å². The molecule has 1 aromatic carbocycles. The number of aromatic nitrogens is 3. The fourth-order valence-electron chi connectivity index (χ4n) is 4.86. The summed E-state index contributed by atoms with van der Waals surface area (Å²) in [6.45, 7) is 1.42. The average Bonchev–Trinajstić information content (AvgIpc) is 3.26. The molecule has 1 spiro atoms. The molecule has 3 aromatic rings. The van der Waals surface area contributed by atoms with Crippen molar-refractivity contribution in [3.05, 3.63) is 52.4 Å². The molecule has 3 heterocycles. The molecule has 1 amide bonds. The minimum absolute atomic E-state index is 0.0272. The number of nitrogens with one attached hydrogen (secondary N) is 1. The highest BCUT2D eigenvalue weighted by Crippen LogP contribution is 2.44. The summed E-state index contributed by atoms with van der Waals surface area (Å²) in [6.07, 6.45) is 5.95. The summed E-state index contributed by atoms with van der Waals surface area (Å²) in [4.78, 5) is 29.9. The molecule has 1 saturated heterocycles. The summed E-state index contributed by atoms with van der Waals surface area (Å²) in [5.41, 5.74) is 3.63. The van der Waals surface area contributed by atoms with Crippen LogP contribution in [0.3, 0.4) is 0 Å². The highest BCUT2D eigenvalue weighted by atomic mass is 35.5. The minimum atomic E-state index is -0.0879. The Hall–Kier alpha value is -2.60. The Kier molecular flexibility index (Phi) is 4.28. The number of benzene rings is 1. The molecule has 1 aliphatic heterocycles. The maximum Gasteiger partial charge on any atom is 0.271 e. The fraction of sp³-hybridized carbons (Fsp3) is 0.409. The van der Waals surface area contributed by atoms with Crippen molar-refractivity contribution >= 4 is 34.4 Å². The lowest BCUT2D eigenvalue weighted by Gasteiger charge is -2.40. The van der Waals surface area contributed by atoms with Gasteiger partial charge >= 0.3 is 0 Å². The first-order chi connectivity index (χ1) is 14.0. The van der Waals surface area contributed by atoms with Gasteiger partial charge in [-0.2, -0.15) is 0 Å². The molecule has 1 atom stereocenters. The number of amides is 1. The zero-order valence-corrected chi connectivity index (χ0v) is 17.5. The summed E-state index contributed by atoms with van der Waals surface area (Å²) >= 11 is 6.55. The Morgan fingerprint density at radius 3 is 2.90 bits per heavy atom. The number of carbonyl (C=O) groups excluding carboxylic acids is 1. The number of anilines is 1. The molecule has 6 nitrogen and oxygen atoms in total. The molecule has 1 N–H and O–H groups in total. The molecule has 1 fully saturated rings. The molecule has 1 unspecified atom stereocenters. The van der Waals surface area contributed by atoms with E-state index in [2.05, 4.69) is 9.97 Å². The van der Waals surface area contributed by atoms with Gasteiger partial charge in [-0.15, -0.1) is 0 Å². The normalized spacial score (nSPS) is 21.0. The van der Waals surface area contributed by atoms with Gasteiger partial charge in [0.25, 0.3) is 5.91 Å². The van der Waals surface area contributed by atoms with E-state index < -0.39 is 0 Å². The third-order valence-corrected chi connectivity index (χ3v) is 6.74. The molecule has 1 aliphatic carbocycles. The lowest BCUT2D eigenvalue weighted by molar-refractivity contribution is 0.0628. The first-order valence-corrected chi connectivity index (χ1v) is 10.5. The first-order valence-electron chi connectivity index (χ1n) is 10.1. The molecule has 150 valence electrons. The number of hydrogen-bond donors (Lipinski definition) is 1. The number of nitrogens with zero attached hydrogens (tertiary/aromatic N) is 4. The number of likely N-dealkylation sites (tertiary alicyclic amines) is 1. The smallest absolute Gasteiger partial charge is 0.271 e. The van der Waals surface area contributed by atoms with Crippen LogP contribution in [-0.2, 0) is 11.8 Å². The van der Waals surface area contributed by atoms with Crippen molar-refractivity contribution in [3.8, 4) is 0 Å². The van der Waals surface area contributed by atoms with Gasteiger partial charge in [-0.1, -0.05) is 29.8 Å². The van der Waals surface area contributed by atoms with Crippen LogP contribution < -0.4 is 4.90 Å². The molecule has 0 bridgehead atoms. The number of piperidine rings is 1. The number of hydrogen-bond acceptors (Lipinski definition) is 4. The number of aromatic amines is 1. The molecular formula is C22H24ClN5O. The summed E-state index contributed by atoms with van der Waals surface area (Å²) in [5, 5.41) is 1.40. The standard InChI is InChI=1S/C22H24ClN5O/c1-27(2)21-24-12-14-8-10-22(19(14)26-21)9-5-11-28(13-22)20(29)18-17(23)15-6-3-4-7-16(15)25-18/h3-4,6-7,12,25H,5,8-11,13H2,1-2H3. The number of carbonyl (C=O) groups is 1. The van der Waals surface area contributed by atoms with Gasteiger partial charge in [-0.25, -0.2) is 9.97 Å². The molecule has 0 radical (unpaired) electrons. The van der Waals surface area contributed by atoms with Crippen molar-refractivity contribution in [1.29, 1.82) is 0 Å². The molecule has 2 aromatic heterocycles. The number of para-hydroxylation sites is 1. The number of halogens is 1. The van der Waals surface area contributed by atoms with E-state index in [4.69, 9.17) is 16.6 Å². The van der Waals surface area contributed by atoms with Crippen LogP contribution in [-0.4, -0.2) is 52.9 Å². The molecule has 5 rings (SSSR count). The lowest BCUT2D eigenvalue weighted by atomic mass is 9.77. The van der Waals surface area contributed by atoms with Gasteiger partial charge in [-0.05, 0) is 37.3 Å². The van der Waals surface area contributed by atoms with Crippen LogP contribution in [0.15, 0.2) is 30.5 Å². The minimum Gasteiger partial charge on any atom is -0.349 e. The van der Waals surface area contributed by atoms with Crippen molar-refractivity contribution in [2.24, 2.45) is 0 Å². The molecule has 7 heteroatoms. The number of H-pyrrole nitrogens is 1. The summed E-state index contributed by atoms with van der Waals surface area (Å²) in [6, 6.07) is 7.76. The van der Waals surface area contributed by atoms with Gasteiger partial charge in [0.15, 0.2) is 0 Å². The zero-order chi connectivity index (χ0) is 20.2. The third kappa shape index (κ3) is 2.89. The quantitative estimate of drug-likeness (QED) is 0.699. The van der Waals surface area contributed by atoms with E-state index >= 15 is 0 Å². The second-order valence-corrected chi connectivity index (χ2v) is 8.79. The van der Waals surface area contributed by atoms with Crippen LogP contribution in [0.4, 0.5) is 5.95 Å². The van der Waals surface area contributed by atoms with Gasteiger partial charge in [0.05, 0.1) is 10.7 Å². The maximum atomic E-state index is 13.4. The average molecular weight is 410 g/mol.